The fourth-order valence-corrected chi connectivity index (χ4v) is 1.65. The van der Waals surface area contributed by atoms with Crippen molar-refractivity contribution in [2.75, 3.05) is 5.32 Å². The second-order valence-corrected chi connectivity index (χ2v) is 3.92. The Kier molecular flexibility index (Phi) is 3.78. The Morgan fingerprint density at radius 2 is 1.65 bits per heavy atom. The fourth-order valence-electron chi connectivity index (χ4n) is 1.47. The Labute approximate surface area is 105 Å². The first-order valence-electron chi connectivity index (χ1n) is 5.31. The summed E-state index contributed by atoms with van der Waals surface area (Å²) in [5.74, 6) is 0.372. The molecule has 0 aliphatic rings. The summed E-state index contributed by atoms with van der Waals surface area (Å²) in [5.41, 5.74) is 2.45. The molecule has 0 fully saturated rings. The maximum atomic E-state index is 11.8. The SMILES string of the molecule is O=C(Nc1ccc(CCl)cc1)c1ccccc1. The van der Waals surface area contributed by atoms with Gasteiger partial charge in [-0.15, -0.1) is 11.6 Å². The third kappa shape index (κ3) is 3.08. The lowest BCUT2D eigenvalue weighted by Crippen LogP contribution is -2.11. The number of nitrogens with one attached hydrogen (secondary N) is 1. The van der Waals surface area contributed by atoms with E-state index in [1.54, 1.807) is 12.1 Å². The largest absolute Gasteiger partial charge is 0.322 e. The van der Waals surface area contributed by atoms with E-state index < -0.39 is 0 Å². The summed E-state index contributed by atoms with van der Waals surface area (Å²) >= 11 is 5.69. The average molecular weight is 246 g/mol. The van der Waals surface area contributed by atoms with Crippen LogP contribution in [0.1, 0.15) is 15.9 Å². The smallest absolute Gasteiger partial charge is 0.255 e. The molecule has 0 spiro atoms. The molecule has 0 saturated heterocycles. The quantitative estimate of drug-likeness (QED) is 0.822. The summed E-state index contributed by atoms with van der Waals surface area (Å²) in [4.78, 5) is 11.8. The number of carbonyl (C=O) groups is 1. The van der Waals surface area contributed by atoms with E-state index in [0.29, 0.717) is 11.4 Å². The molecule has 2 aromatic carbocycles. The van der Waals surface area contributed by atoms with Crippen molar-refractivity contribution in [1.29, 1.82) is 0 Å². The molecular formula is C14H12ClNO. The number of halogens is 1. The minimum atomic E-state index is -0.107. The van der Waals surface area contributed by atoms with Crippen LogP contribution in [0.2, 0.25) is 0 Å². The van der Waals surface area contributed by atoms with E-state index in [1.165, 1.54) is 0 Å². The van der Waals surface area contributed by atoms with Gasteiger partial charge in [0, 0.05) is 17.1 Å². The molecule has 17 heavy (non-hydrogen) atoms. The fraction of sp³-hybridized carbons (Fsp3) is 0.0714. The van der Waals surface area contributed by atoms with E-state index >= 15 is 0 Å². The first kappa shape index (κ1) is 11.7. The Morgan fingerprint density at radius 3 is 2.24 bits per heavy atom. The van der Waals surface area contributed by atoms with Crippen molar-refractivity contribution < 1.29 is 4.79 Å². The summed E-state index contributed by atoms with van der Waals surface area (Å²) in [6.45, 7) is 0. The number of amides is 1. The second-order valence-electron chi connectivity index (χ2n) is 3.65. The van der Waals surface area contributed by atoms with Gasteiger partial charge in [0.15, 0.2) is 0 Å². The zero-order valence-electron chi connectivity index (χ0n) is 9.19. The van der Waals surface area contributed by atoms with Gasteiger partial charge >= 0.3 is 0 Å². The van der Waals surface area contributed by atoms with E-state index in [9.17, 15) is 4.79 Å². The molecule has 0 heterocycles. The molecule has 2 aromatic rings. The van der Waals surface area contributed by atoms with Crippen LogP contribution in [0.15, 0.2) is 54.6 Å². The maximum Gasteiger partial charge on any atom is 0.255 e. The minimum Gasteiger partial charge on any atom is -0.322 e. The number of rotatable bonds is 3. The molecule has 1 N–H and O–H groups in total. The molecule has 0 aliphatic carbocycles. The maximum absolute atomic E-state index is 11.8. The Morgan fingerprint density at radius 1 is 1.00 bits per heavy atom. The summed E-state index contributed by atoms with van der Waals surface area (Å²) in [6, 6.07) is 16.6. The lowest BCUT2D eigenvalue weighted by atomic mass is 10.2. The number of hydrogen-bond acceptors (Lipinski definition) is 1. The molecular weight excluding hydrogens is 234 g/mol. The van der Waals surface area contributed by atoms with Crippen LogP contribution in [0, 0.1) is 0 Å². The lowest BCUT2D eigenvalue weighted by Gasteiger charge is -2.05. The van der Waals surface area contributed by atoms with Gasteiger partial charge in [0.2, 0.25) is 0 Å². The molecule has 2 nitrogen and oxygen atoms in total. The van der Waals surface area contributed by atoms with Crippen LogP contribution >= 0.6 is 11.6 Å². The van der Waals surface area contributed by atoms with Crippen LogP contribution < -0.4 is 5.32 Å². The van der Waals surface area contributed by atoms with E-state index in [4.69, 9.17) is 11.6 Å². The topological polar surface area (TPSA) is 29.1 Å². The normalized spacial score (nSPS) is 9.94. The molecule has 0 aliphatic heterocycles. The second kappa shape index (κ2) is 5.51. The monoisotopic (exact) mass is 245 g/mol. The molecule has 0 saturated carbocycles. The van der Waals surface area contributed by atoms with Crippen LogP contribution in [0.5, 0.6) is 0 Å². The van der Waals surface area contributed by atoms with E-state index in [-0.39, 0.29) is 5.91 Å². The van der Waals surface area contributed by atoms with Crippen molar-refractivity contribution >= 4 is 23.2 Å². The van der Waals surface area contributed by atoms with E-state index in [1.807, 2.05) is 42.5 Å². The van der Waals surface area contributed by atoms with E-state index in [2.05, 4.69) is 5.32 Å². The molecule has 0 atom stereocenters. The van der Waals surface area contributed by atoms with Crippen molar-refractivity contribution in [3.05, 3.63) is 65.7 Å². The van der Waals surface area contributed by atoms with Gasteiger partial charge in [-0.2, -0.15) is 0 Å². The highest BCUT2D eigenvalue weighted by Crippen LogP contribution is 2.12. The molecule has 0 aromatic heterocycles. The predicted molar refractivity (Wildman–Crippen MR) is 70.4 cm³/mol. The van der Waals surface area contributed by atoms with Crippen LogP contribution in [0.25, 0.3) is 0 Å². The van der Waals surface area contributed by atoms with Crippen molar-refractivity contribution in [3.63, 3.8) is 0 Å². The average Bonchev–Trinajstić information content (AvgIpc) is 2.40. The number of hydrogen-bond donors (Lipinski definition) is 1. The van der Waals surface area contributed by atoms with Gasteiger partial charge in [-0.05, 0) is 29.8 Å². The van der Waals surface area contributed by atoms with Crippen molar-refractivity contribution in [1.82, 2.24) is 0 Å². The molecule has 86 valence electrons. The first-order chi connectivity index (χ1) is 8.29. The van der Waals surface area contributed by atoms with Gasteiger partial charge in [-0.1, -0.05) is 30.3 Å². The molecule has 0 unspecified atom stereocenters. The van der Waals surface area contributed by atoms with E-state index in [0.717, 1.165) is 11.3 Å². The number of anilines is 1. The van der Waals surface area contributed by atoms with Crippen LogP contribution in [-0.4, -0.2) is 5.91 Å². The number of carbonyl (C=O) groups excluding carboxylic acids is 1. The Bertz CT molecular complexity index is 493. The summed E-state index contributed by atoms with van der Waals surface area (Å²) in [7, 11) is 0. The molecule has 1 amide bonds. The minimum absolute atomic E-state index is 0.107. The van der Waals surface area contributed by atoms with Crippen LogP contribution in [0.4, 0.5) is 5.69 Å². The third-order valence-electron chi connectivity index (χ3n) is 2.40. The summed E-state index contributed by atoms with van der Waals surface area (Å²) < 4.78 is 0. The standard InChI is InChI=1S/C14H12ClNO/c15-10-11-6-8-13(9-7-11)16-14(17)12-4-2-1-3-5-12/h1-9H,10H2,(H,16,17). The number of alkyl halides is 1. The molecule has 0 radical (unpaired) electrons. The summed E-state index contributed by atoms with van der Waals surface area (Å²) in [6.07, 6.45) is 0. The molecule has 3 heteroatoms. The van der Waals surface area contributed by atoms with Gasteiger partial charge in [0.05, 0.1) is 0 Å². The van der Waals surface area contributed by atoms with Gasteiger partial charge in [-0.25, -0.2) is 0 Å². The highest BCUT2D eigenvalue weighted by molar-refractivity contribution is 6.17. The summed E-state index contributed by atoms with van der Waals surface area (Å²) in [5, 5.41) is 2.83. The van der Waals surface area contributed by atoms with Crippen molar-refractivity contribution in [2.45, 2.75) is 5.88 Å². The third-order valence-corrected chi connectivity index (χ3v) is 2.71. The molecule has 2 rings (SSSR count). The first-order valence-corrected chi connectivity index (χ1v) is 5.84. The number of benzene rings is 2. The Balaban J connectivity index is 2.08. The Hall–Kier alpha value is -1.80. The zero-order chi connectivity index (χ0) is 12.1. The van der Waals surface area contributed by atoms with Crippen LogP contribution in [0.3, 0.4) is 0 Å². The van der Waals surface area contributed by atoms with Crippen molar-refractivity contribution in [2.24, 2.45) is 0 Å². The highest BCUT2D eigenvalue weighted by Gasteiger charge is 2.04. The zero-order valence-corrected chi connectivity index (χ0v) is 9.95. The lowest BCUT2D eigenvalue weighted by molar-refractivity contribution is 0.102. The van der Waals surface area contributed by atoms with Gasteiger partial charge in [0.1, 0.15) is 0 Å². The predicted octanol–water partition coefficient (Wildman–Crippen LogP) is 3.68. The highest BCUT2D eigenvalue weighted by atomic mass is 35.5. The van der Waals surface area contributed by atoms with Gasteiger partial charge < -0.3 is 5.32 Å². The van der Waals surface area contributed by atoms with Crippen molar-refractivity contribution in [3.8, 4) is 0 Å². The van der Waals surface area contributed by atoms with Crippen LogP contribution in [-0.2, 0) is 5.88 Å². The van der Waals surface area contributed by atoms with Gasteiger partial charge in [-0.3, -0.25) is 4.79 Å². The van der Waals surface area contributed by atoms with Gasteiger partial charge in [0.25, 0.3) is 5.91 Å². The molecule has 0 bridgehead atoms.